The minimum absolute atomic E-state index is 0.209. The highest BCUT2D eigenvalue weighted by atomic mass is 16.5. The Balaban J connectivity index is 3.94. The summed E-state index contributed by atoms with van der Waals surface area (Å²) in [6.45, 7) is 5.41. The molecule has 0 aliphatic carbocycles. The van der Waals surface area contributed by atoms with E-state index in [4.69, 9.17) is 4.74 Å². The van der Waals surface area contributed by atoms with Crippen molar-refractivity contribution < 1.29 is 9.53 Å². The van der Waals surface area contributed by atoms with Gasteiger partial charge in [0.2, 0.25) is 0 Å². The molecule has 0 aliphatic rings. The first-order valence-corrected chi connectivity index (χ1v) is 5.09. The minimum Gasteiger partial charge on any atom is -0.458 e. The molecule has 86 valence electrons. The number of rotatable bonds is 3. The van der Waals surface area contributed by atoms with E-state index >= 15 is 0 Å². The van der Waals surface area contributed by atoms with Crippen LogP contribution in [0.1, 0.15) is 20.8 Å². The summed E-state index contributed by atoms with van der Waals surface area (Å²) in [6.07, 6.45) is 4.95. The van der Waals surface area contributed by atoms with Gasteiger partial charge in [0.25, 0.3) is 0 Å². The van der Waals surface area contributed by atoms with Crippen molar-refractivity contribution in [2.24, 2.45) is 0 Å². The Morgan fingerprint density at radius 3 is 2.59 bits per heavy atom. The highest BCUT2D eigenvalue weighted by Gasteiger charge is 2.01. The smallest absolute Gasteiger partial charge is 0.333 e. The van der Waals surface area contributed by atoms with Crippen molar-refractivity contribution >= 4 is 5.97 Å². The molecule has 0 amide bonds. The topological polar surface area (TPSA) is 26.3 Å². The second-order valence-corrected chi connectivity index (χ2v) is 2.87. The van der Waals surface area contributed by atoms with Crippen molar-refractivity contribution in [1.82, 2.24) is 0 Å². The average molecular weight is 226 g/mol. The fraction of sp³-hybridized carbons (Fsp3) is 0.267. The van der Waals surface area contributed by atoms with Crippen LogP contribution < -0.4 is 0 Å². The van der Waals surface area contributed by atoms with Crippen LogP contribution in [0.2, 0.25) is 0 Å². The van der Waals surface area contributed by atoms with Crippen molar-refractivity contribution in [3.63, 3.8) is 0 Å². The fourth-order valence-electron chi connectivity index (χ4n) is 0.665. The Labute approximate surface area is 103 Å². The van der Waals surface area contributed by atoms with Crippen molar-refractivity contribution in [3.8, 4) is 35.5 Å². The molecule has 2 heteroatoms. The van der Waals surface area contributed by atoms with E-state index in [9.17, 15) is 4.79 Å². The zero-order valence-corrected chi connectivity index (χ0v) is 10.3. The number of esters is 1. The lowest BCUT2D eigenvalue weighted by atomic mass is 10.3. The maximum absolute atomic E-state index is 11.2. The lowest BCUT2D eigenvalue weighted by Gasteiger charge is -1.99. The molecule has 0 saturated carbocycles. The van der Waals surface area contributed by atoms with Crippen LogP contribution in [0.4, 0.5) is 0 Å². The molecular formula is C15H14O2. The standard InChI is InChI=1S/C15H14O2/c1-4-6-7-8-9-10-11-12-13-17-15(16)14(3)5-2/h5,11-12H,13H2,1-3H3. The molecule has 0 N–H and O–H groups in total. The average Bonchev–Trinajstić information content (AvgIpc) is 2.35. The first-order valence-electron chi connectivity index (χ1n) is 5.09. The van der Waals surface area contributed by atoms with Crippen molar-refractivity contribution in [2.75, 3.05) is 6.61 Å². The van der Waals surface area contributed by atoms with Crippen LogP contribution in [0.5, 0.6) is 0 Å². The molecule has 0 atom stereocenters. The van der Waals surface area contributed by atoms with Crippen molar-refractivity contribution in [1.29, 1.82) is 0 Å². The first kappa shape index (κ1) is 14.6. The van der Waals surface area contributed by atoms with Crippen LogP contribution in [0.3, 0.4) is 0 Å². The number of hydrogen-bond acceptors (Lipinski definition) is 2. The normalized spacial score (nSPS) is 9.24. The van der Waals surface area contributed by atoms with Gasteiger partial charge in [-0.1, -0.05) is 17.9 Å². The molecule has 0 aromatic rings. The van der Waals surface area contributed by atoms with Gasteiger partial charge in [0.05, 0.1) is 0 Å². The molecule has 0 rings (SSSR count). The van der Waals surface area contributed by atoms with E-state index in [1.54, 1.807) is 39.0 Å². The highest BCUT2D eigenvalue weighted by Crippen LogP contribution is 1.95. The third-order valence-electron chi connectivity index (χ3n) is 1.65. The summed E-state index contributed by atoms with van der Waals surface area (Å²) in [6, 6.07) is 0. The lowest BCUT2D eigenvalue weighted by Crippen LogP contribution is -2.05. The molecular weight excluding hydrogens is 212 g/mol. The predicted molar refractivity (Wildman–Crippen MR) is 68.5 cm³/mol. The maximum Gasteiger partial charge on any atom is 0.333 e. The molecule has 2 nitrogen and oxygen atoms in total. The summed E-state index contributed by atoms with van der Waals surface area (Å²) in [5.41, 5.74) is 0.591. The molecule has 0 fully saturated rings. The number of allylic oxidation sites excluding steroid dienone is 2. The van der Waals surface area contributed by atoms with Gasteiger partial charge < -0.3 is 4.74 Å². The molecule has 0 radical (unpaired) electrons. The van der Waals surface area contributed by atoms with Gasteiger partial charge >= 0.3 is 5.97 Å². The van der Waals surface area contributed by atoms with E-state index in [0.717, 1.165) is 0 Å². The zero-order valence-electron chi connectivity index (χ0n) is 10.3. The fourth-order valence-corrected chi connectivity index (χ4v) is 0.665. The van der Waals surface area contributed by atoms with Crippen molar-refractivity contribution in [2.45, 2.75) is 20.8 Å². The van der Waals surface area contributed by atoms with E-state index in [1.165, 1.54) is 0 Å². The molecule has 0 aromatic heterocycles. The number of ether oxygens (including phenoxy) is 1. The number of carbonyl (C=O) groups excluding carboxylic acids is 1. The van der Waals surface area contributed by atoms with Gasteiger partial charge in [-0.15, -0.1) is 0 Å². The second kappa shape index (κ2) is 10.2. The van der Waals surface area contributed by atoms with E-state index in [0.29, 0.717) is 5.57 Å². The van der Waals surface area contributed by atoms with Gasteiger partial charge in [0.15, 0.2) is 0 Å². The van der Waals surface area contributed by atoms with Gasteiger partial charge in [-0.3, -0.25) is 0 Å². The van der Waals surface area contributed by atoms with Gasteiger partial charge in [0.1, 0.15) is 6.61 Å². The summed E-state index contributed by atoms with van der Waals surface area (Å²) in [5, 5.41) is 0. The number of hydrogen-bond donors (Lipinski definition) is 0. The van der Waals surface area contributed by atoms with E-state index in [2.05, 4.69) is 35.5 Å². The zero-order chi connectivity index (χ0) is 12.9. The van der Waals surface area contributed by atoms with Crippen molar-refractivity contribution in [3.05, 3.63) is 23.8 Å². The third-order valence-corrected chi connectivity index (χ3v) is 1.65. The first-order chi connectivity index (χ1) is 8.22. The van der Waals surface area contributed by atoms with Crippen LogP contribution in [-0.4, -0.2) is 12.6 Å². The summed E-state index contributed by atoms with van der Waals surface area (Å²) in [4.78, 5) is 11.2. The summed E-state index contributed by atoms with van der Waals surface area (Å²) < 4.78 is 4.92. The van der Waals surface area contributed by atoms with E-state index in [-0.39, 0.29) is 12.6 Å². The predicted octanol–water partition coefficient (Wildman–Crippen LogP) is 2.08. The molecule has 0 spiro atoms. The van der Waals surface area contributed by atoms with Gasteiger partial charge in [-0.05, 0) is 56.6 Å². The van der Waals surface area contributed by atoms with Gasteiger partial charge in [-0.2, -0.15) is 0 Å². The molecule has 0 bridgehead atoms. The maximum atomic E-state index is 11.2. The van der Waals surface area contributed by atoms with Crippen LogP contribution in [0.25, 0.3) is 0 Å². The van der Waals surface area contributed by atoms with E-state index < -0.39 is 0 Å². The molecule has 0 heterocycles. The SMILES string of the molecule is CC#CC#CC#CC=CCOC(=O)C(C)=CC. The van der Waals surface area contributed by atoms with Gasteiger partial charge in [0, 0.05) is 5.57 Å². The molecule has 0 aromatic carbocycles. The Morgan fingerprint density at radius 2 is 1.94 bits per heavy atom. The van der Waals surface area contributed by atoms with E-state index in [1.807, 2.05) is 0 Å². The van der Waals surface area contributed by atoms with Crippen LogP contribution in [0, 0.1) is 35.5 Å². The lowest BCUT2D eigenvalue weighted by molar-refractivity contribution is -0.137. The number of carbonyl (C=O) groups is 1. The largest absolute Gasteiger partial charge is 0.458 e. The second-order valence-electron chi connectivity index (χ2n) is 2.87. The minimum atomic E-state index is -0.317. The Hall–Kier alpha value is -2.37. The Bertz CT molecular complexity index is 488. The molecule has 0 aliphatic heterocycles. The summed E-state index contributed by atoms with van der Waals surface area (Å²) in [5.74, 6) is 15.3. The van der Waals surface area contributed by atoms with Crippen LogP contribution in [-0.2, 0) is 9.53 Å². The Kier molecular flexibility index (Phi) is 8.74. The summed E-state index contributed by atoms with van der Waals surface area (Å²) in [7, 11) is 0. The molecule has 17 heavy (non-hydrogen) atoms. The molecule has 0 unspecified atom stereocenters. The molecule has 0 saturated heterocycles. The monoisotopic (exact) mass is 226 g/mol. The third kappa shape index (κ3) is 8.61. The van der Waals surface area contributed by atoms with Gasteiger partial charge in [-0.25, -0.2) is 4.79 Å². The summed E-state index contributed by atoms with van der Waals surface area (Å²) >= 11 is 0. The highest BCUT2D eigenvalue weighted by molar-refractivity contribution is 5.87. The Morgan fingerprint density at radius 1 is 1.24 bits per heavy atom. The quantitative estimate of drug-likeness (QED) is 0.418. The van der Waals surface area contributed by atoms with Crippen LogP contribution >= 0.6 is 0 Å². The van der Waals surface area contributed by atoms with Crippen LogP contribution in [0.15, 0.2) is 23.8 Å².